The van der Waals surface area contributed by atoms with Crippen molar-refractivity contribution in [1.82, 2.24) is 9.80 Å². The molecule has 1 N–H and O–H groups in total. The van der Waals surface area contributed by atoms with Gasteiger partial charge in [0.2, 0.25) is 5.91 Å². The lowest BCUT2D eigenvalue weighted by Crippen LogP contribution is -2.44. The number of anilines is 1. The van der Waals surface area contributed by atoms with Crippen LogP contribution in [-0.4, -0.2) is 34.8 Å². The van der Waals surface area contributed by atoms with E-state index in [1.54, 1.807) is 16.2 Å². The molecule has 37 heavy (non-hydrogen) atoms. The number of carbonyl (C=O) groups excluding carboxylic acids is 2. The minimum atomic E-state index is -0.225. The van der Waals surface area contributed by atoms with Gasteiger partial charge in [-0.1, -0.05) is 83.1 Å². The van der Waals surface area contributed by atoms with Crippen LogP contribution in [-0.2, 0) is 17.9 Å². The average Bonchev–Trinajstić information content (AvgIpc) is 3.27. The summed E-state index contributed by atoms with van der Waals surface area (Å²) in [5.41, 5.74) is 5.36. The van der Waals surface area contributed by atoms with Crippen molar-refractivity contribution in [2.45, 2.75) is 72.9 Å². The Morgan fingerprint density at radius 2 is 1.51 bits per heavy atom. The molecule has 5 nitrogen and oxygen atoms in total. The normalized spacial score (nSPS) is 11.1. The first kappa shape index (κ1) is 28.5. The lowest BCUT2D eigenvalue weighted by atomic mass is 9.93. The summed E-state index contributed by atoms with van der Waals surface area (Å²) in [5.74, 6) is 0.484. The number of benzene rings is 2. The maximum Gasteiger partial charge on any atom is 0.322 e. The van der Waals surface area contributed by atoms with Gasteiger partial charge in [0.1, 0.15) is 6.54 Å². The predicted octanol–water partition coefficient (Wildman–Crippen LogP) is 7.78. The molecule has 1 heterocycles. The maximum atomic E-state index is 13.7. The zero-order chi connectivity index (χ0) is 26.9. The van der Waals surface area contributed by atoms with Crippen molar-refractivity contribution in [3.05, 3.63) is 87.1 Å². The van der Waals surface area contributed by atoms with Crippen molar-refractivity contribution >= 4 is 29.0 Å². The summed E-state index contributed by atoms with van der Waals surface area (Å²) < 4.78 is 0. The second-order valence-electron chi connectivity index (χ2n) is 10.2. The Morgan fingerprint density at radius 1 is 0.865 bits per heavy atom. The molecule has 0 saturated heterocycles. The first-order valence-corrected chi connectivity index (χ1v) is 14.1. The van der Waals surface area contributed by atoms with Gasteiger partial charge in [0.15, 0.2) is 0 Å². The van der Waals surface area contributed by atoms with Crippen molar-refractivity contribution < 1.29 is 9.59 Å². The van der Waals surface area contributed by atoms with Gasteiger partial charge >= 0.3 is 6.03 Å². The summed E-state index contributed by atoms with van der Waals surface area (Å²) in [6.07, 6.45) is 0.770. The Hall–Kier alpha value is -3.12. The number of nitrogens with zero attached hydrogens (tertiary/aromatic N) is 2. The molecule has 2 aromatic carbocycles. The molecule has 0 aliphatic carbocycles. The van der Waals surface area contributed by atoms with Crippen LogP contribution >= 0.6 is 11.3 Å². The van der Waals surface area contributed by atoms with E-state index in [0.717, 1.165) is 28.8 Å². The number of aryl methyl sites for hydroxylation is 1. The van der Waals surface area contributed by atoms with Gasteiger partial charge in [0, 0.05) is 23.7 Å². The molecule has 0 fully saturated rings. The molecular formula is C31H41N3O2S. The smallest absolute Gasteiger partial charge is 0.322 e. The fourth-order valence-corrected chi connectivity index (χ4v) is 5.36. The molecule has 198 valence electrons. The standard InChI is InChI=1S/C31H41N3O2S/c1-7-17-33(31(36)32-30-26(22(2)3)14-11-15-27(30)23(4)5)21-29(35)34(19-25-12-9-8-10-13-25)20-28-24(6)16-18-37-28/h8-16,18,22-23H,7,17,19-21H2,1-6H3,(H,32,36). The van der Waals surface area contributed by atoms with Gasteiger partial charge in [0.25, 0.3) is 0 Å². The summed E-state index contributed by atoms with van der Waals surface area (Å²) in [6.45, 7) is 14.2. The van der Waals surface area contributed by atoms with Crippen molar-refractivity contribution in [2.24, 2.45) is 0 Å². The minimum absolute atomic E-state index is 0.0395. The van der Waals surface area contributed by atoms with Crippen LogP contribution in [0.1, 0.15) is 80.0 Å². The summed E-state index contributed by atoms with van der Waals surface area (Å²) in [4.78, 5) is 32.0. The zero-order valence-electron chi connectivity index (χ0n) is 23.1. The number of hydrogen-bond donors (Lipinski definition) is 1. The van der Waals surface area contributed by atoms with Gasteiger partial charge in [-0.3, -0.25) is 4.79 Å². The molecule has 6 heteroatoms. The summed E-state index contributed by atoms with van der Waals surface area (Å²) in [6, 6.07) is 18.1. The molecule has 0 bridgehead atoms. The highest BCUT2D eigenvalue weighted by Crippen LogP contribution is 2.32. The van der Waals surface area contributed by atoms with Crippen molar-refractivity contribution in [2.75, 3.05) is 18.4 Å². The van der Waals surface area contributed by atoms with Gasteiger partial charge in [-0.05, 0) is 58.9 Å². The number of thiophene rings is 1. The zero-order valence-corrected chi connectivity index (χ0v) is 23.9. The van der Waals surface area contributed by atoms with E-state index in [-0.39, 0.29) is 30.3 Å². The molecule has 0 atom stereocenters. The molecule has 0 spiro atoms. The molecular weight excluding hydrogens is 478 g/mol. The second kappa shape index (κ2) is 13.4. The third-order valence-corrected chi connectivity index (χ3v) is 7.59. The predicted molar refractivity (Wildman–Crippen MR) is 155 cm³/mol. The van der Waals surface area contributed by atoms with E-state index in [0.29, 0.717) is 19.6 Å². The van der Waals surface area contributed by atoms with Crippen LogP contribution in [0.4, 0.5) is 10.5 Å². The number of hydrogen-bond acceptors (Lipinski definition) is 3. The molecule has 0 aliphatic heterocycles. The van der Waals surface area contributed by atoms with Crippen LogP contribution < -0.4 is 5.32 Å². The van der Waals surface area contributed by atoms with Gasteiger partial charge in [-0.15, -0.1) is 11.3 Å². The Bertz CT molecular complexity index is 1140. The molecule has 3 rings (SSSR count). The number of nitrogens with one attached hydrogen (secondary N) is 1. The largest absolute Gasteiger partial charge is 0.332 e. The Balaban J connectivity index is 1.84. The number of amides is 3. The van der Waals surface area contributed by atoms with E-state index >= 15 is 0 Å². The number of para-hydroxylation sites is 1. The third-order valence-electron chi connectivity index (χ3n) is 6.58. The summed E-state index contributed by atoms with van der Waals surface area (Å²) in [7, 11) is 0. The Kier molecular flexibility index (Phi) is 10.3. The van der Waals surface area contributed by atoms with Gasteiger partial charge in [-0.2, -0.15) is 0 Å². The third kappa shape index (κ3) is 7.68. The van der Waals surface area contributed by atoms with Crippen LogP contribution in [0.15, 0.2) is 60.0 Å². The lowest BCUT2D eigenvalue weighted by molar-refractivity contribution is -0.133. The molecule has 0 saturated carbocycles. The molecule has 0 unspecified atom stereocenters. The average molecular weight is 520 g/mol. The van der Waals surface area contributed by atoms with E-state index in [2.05, 4.69) is 69.6 Å². The highest BCUT2D eigenvalue weighted by molar-refractivity contribution is 7.10. The van der Waals surface area contributed by atoms with E-state index in [1.807, 2.05) is 42.2 Å². The van der Waals surface area contributed by atoms with Crippen molar-refractivity contribution in [3.63, 3.8) is 0 Å². The SMILES string of the molecule is CCCN(CC(=O)N(Cc1ccccc1)Cc1sccc1C)C(=O)Nc1c(C(C)C)cccc1C(C)C. The van der Waals surface area contributed by atoms with Crippen molar-refractivity contribution in [3.8, 4) is 0 Å². The molecule has 3 aromatic rings. The second-order valence-corrected chi connectivity index (χ2v) is 11.2. The van der Waals surface area contributed by atoms with Crippen molar-refractivity contribution in [1.29, 1.82) is 0 Å². The summed E-state index contributed by atoms with van der Waals surface area (Å²) >= 11 is 1.66. The van der Waals surface area contributed by atoms with Crippen LogP contribution in [0, 0.1) is 6.92 Å². The van der Waals surface area contributed by atoms with Crippen LogP contribution in [0.3, 0.4) is 0 Å². The highest BCUT2D eigenvalue weighted by atomic mass is 32.1. The van der Waals surface area contributed by atoms with E-state index in [9.17, 15) is 9.59 Å². The van der Waals surface area contributed by atoms with Gasteiger partial charge in [-0.25, -0.2) is 4.79 Å². The van der Waals surface area contributed by atoms with E-state index in [1.165, 1.54) is 10.4 Å². The highest BCUT2D eigenvalue weighted by Gasteiger charge is 2.24. The van der Waals surface area contributed by atoms with Crippen LogP contribution in [0.5, 0.6) is 0 Å². The topological polar surface area (TPSA) is 52.7 Å². The first-order valence-electron chi connectivity index (χ1n) is 13.2. The number of urea groups is 1. The van der Waals surface area contributed by atoms with Crippen LogP contribution in [0.25, 0.3) is 0 Å². The van der Waals surface area contributed by atoms with Gasteiger partial charge in [0.05, 0.1) is 6.54 Å². The molecule has 0 aliphatic rings. The number of carbonyl (C=O) groups is 2. The van der Waals surface area contributed by atoms with Crippen LogP contribution in [0.2, 0.25) is 0 Å². The molecule has 0 radical (unpaired) electrons. The quantitative estimate of drug-likeness (QED) is 0.281. The Morgan fingerprint density at radius 3 is 2.05 bits per heavy atom. The minimum Gasteiger partial charge on any atom is -0.332 e. The van der Waals surface area contributed by atoms with E-state index in [4.69, 9.17) is 0 Å². The fraction of sp³-hybridized carbons (Fsp3) is 0.419. The monoisotopic (exact) mass is 519 g/mol. The van der Waals surface area contributed by atoms with E-state index < -0.39 is 0 Å². The maximum absolute atomic E-state index is 13.7. The fourth-order valence-electron chi connectivity index (χ4n) is 4.44. The Labute approximate surface area is 226 Å². The number of rotatable bonds is 11. The molecule has 3 amide bonds. The van der Waals surface area contributed by atoms with Gasteiger partial charge < -0.3 is 15.1 Å². The molecule has 1 aromatic heterocycles. The lowest BCUT2D eigenvalue weighted by Gasteiger charge is -2.29. The first-order chi connectivity index (χ1) is 17.7. The summed E-state index contributed by atoms with van der Waals surface area (Å²) in [5, 5.41) is 5.25.